The first-order valence-electron chi connectivity index (χ1n) is 6.84. The van der Waals surface area contributed by atoms with Gasteiger partial charge in [-0.05, 0) is 24.6 Å². The summed E-state index contributed by atoms with van der Waals surface area (Å²) in [5.41, 5.74) is 5.42. The Labute approximate surface area is 123 Å². The minimum Gasteiger partial charge on any atom is -0.494 e. The van der Waals surface area contributed by atoms with Crippen molar-refractivity contribution >= 4 is 0 Å². The number of methoxy groups -OCH3 is 1. The van der Waals surface area contributed by atoms with Crippen molar-refractivity contribution in [3.8, 4) is 17.0 Å². The first kappa shape index (κ1) is 13.4. The zero-order valence-corrected chi connectivity index (χ0v) is 12.1. The third-order valence-electron chi connectivity index (χ3n) is 3.43. The summed E-state index contributed by atoms with van der Waals surface area (Å²) in [5, 5.41) is 7.47. The van der Waals surface area contributed by atoms with Gasteiger partial charge in [0.05, 0.1) is 19.0 Å². The van der Waals surface area contributed by atoms with Crippen LogP contribution >= 0.6 is 0 Å². The molecule has 2 aromatic heterocycles. The van der Waals surface area contributed by atoms with Gasteiger partial charge in [-0.15, -0.1) is 0 Å². The molecule has 1 N–H and O–H groups in total. The van der Waals surface area contributed by atoms with E-state index in [1.807, 2.05) is 6.07 Å². The van der Waals surface area contributed by atoms with Gasteiger partial charge in [-0.25, -0.2) is 0 Å². The number of nitrogens with zero attached hydrogens (tertiary/aromatic N) is 2. The predicted octanol–water partition coefficient (Wildman–Crippen LogP) is 3.38. The largest absolute Gasteiger partial charge is 0.494 e. The van der Waals surface area contributed by atoms with Crippen molar-refractivity contribution in [1.29, 1.82) is 0 Å². The van der Waals surface area contributed by atoms with Crippen LogP contribution in [0.5, 0.6) is 5.75 Å². The molecule has 4 heteroatoms. The lowest BCUT2D eigenvalue weighted by Crippen LogP contribution is -1.88. The maximum Gasteiger partial charge on any atom is 0.146 e. The summed E-state index contributed by atoms with van der Waals surface area (Å²) in [7, 11) is 1.64. The number of benzene rings is 1. The van der Waals surface area contributed by atoms with E-state index in [0.717, 1.165) is 29.1 Å². The lowest BCUT2D eigenvalue weighted by Gasteiger charge is -2.03. The second kappa shape index (κ2) is 5.79. The highest BCUT2D eigenvalue weighted by molar-refractivity contribution is 5.66. The number of hydrogen-bond acceptors (Lipinski definition) is 3. The van der Waals surface area contributed by atoms with Gasteiger partial charge in [0.15, 0.2) is 0 Å². The van der Waals surface area contributed by atoms with Crippen LogP contribution in [0.25, 0.3) is 11.3 Å². The molecule has 0 atom stereocenters. The van der Waals surface area contributed by atoms with Gasteiger partial charge in [0, 0.05) is 23.9 Å². The molecule has 0 fully saturated rings. The Balaban J connectivity index is 1.84. The Hall–Kier alpha value is -2.62. The van der Waals surface area contributed by atoms with E-state index in [0.29, 0.717) is 0 Å². The molecule has 0 aliphatic heterocycles. The zero-order chi connectivity index (χ0) is 14.7. The normalized spacial score (nSPS) is 10.6. The number of pyridine rings is 1. The fraction of sp³-hybridized carbons (Fsp3) is 0.176. The van der Waals surface area contributed by atoms with Gasteiger partial charge >= 0.3 is 0 Å². The van der Waals surface area contributed by atoms with E-state index >= 15 is 0 Å². The molecular formula is C17H17N3O. The molecule has 0 saturated heterocycles. The van der Waals surface area contributed by atoms with Crippen LogP contribution in [0, 0.1) is 6.92 Å². The average molecular weight is 279 g/mol. The van der Waals surface area contributed by atoms with E-state index < -0.39 is 0 Å². The molecule has 0 spiro atoms. The number of aromatic nitrogens is 3. The second-order valence-electron chi connectivity index (χ2n) is 5.02. The molecular weight excluding hydrogens is 262 g/mol. The minimum absolute atomic E-state index is 0.728. The average Bonchev–Trinajstić information content (AvgIpc) is 2.98. The Bertz CT molecular complexity index is 732. The van der Waals surface area contributed by atoms with Crippen molar-refractivity contribution in [2.75, 3.05) is 7.11 Å². The highest BCUT2D eigenvalue weighted by Crippen LogP contribution is 2.27. The molecule has 3 aromatic rings. The summed E-state index contributed by atoms with van der Waals surface area (Å²) in [4.78, 5) is 4.06. The Morgan fingerprint density at radius 3 is 2.71 bits per heavy atom. The molecule has 21 heavy (non-hydrogen) atoms. The molecule has 0 aliphatic rings. The van der Waals surface area contributed by atoms with Crippen molar-refractivity contribution < 1.29 is 4.74 Å². The highest BCUT2D eigenvalue weighted by atomic mass is 16.5. The fourth-order valence-electron chi connectivity index (χ4n) is 2.27. The van der Waals surface area contributed by atoms with Crippen LogP contribution in [0.3, 0.4) is 0 Å². The van der Waals surface area contributed by atoms with Gasteiger partial charge in [0.2, 0.25) is 0 Å². The Kier molecular flexibility index (Phi) is 3.69. The molecule has 4 nitrogen and oxygen atoms in total. The van der Waals surface area contributed by atoms with Crippen molar-refractivity contribution in [1.82, 2.24) is 15.2 Å². The van der Waals surface area contributed by atoms with Crippen LogP contribution in [0.4, 0.5) is 0 Å². The molecule has 0 aliphatic carbocycles. The number of rotatable bonds is 4. The second-order valence-corrected chi connectivity index (χ2v) is 5.02. The van der Waals surface area contributed by atoms with Gasteiger partial charge in [-0.3, -0.25) is 10.1 Å². The zero-order valence-electron chi connectivity index (χ0n) is 12.1. The monoisotopic (exact) mass is 279 g/mol. The third kappa shape index (κ3) is 2.94. The summed E-state index contributed by atoms with van der Waals surface area (Å²) in [6, 6.07) is 12.5. The molecule has 0 unspecified atom stereocenters. The van der Waals surface area contributed by atoms with Crippen molar-refractivity contribution in [3.63, 3.8) is 0 Å². The predicted molar refractivity (Wildman–Crippen MR) is 82.4 cm³/mol. The third-order valence-corrected chi connectivity index (χ3v) is 3.43. The maximum absolute atomic E-state index is 5.32. The number of H-pyrrole nitrogens is 1. The summed E-state index contributed by atoms with van der Waals surface area (Å²) in [5.74, 6) is 0.728. The Morgan fingerprint density at radius 2 is 1.95 bits per heavy atom. The topological polar surface area (TPSA) is 50.8 Å². The van der Waals surface area contributed by atoms with Crippen LogP contribution in [0.2, 0.25) is 0 Å². The Morgan fingerprint density at radius 1 is 1.14 bits per heavy atom. The van der Waals surface area contributed by atoms with Gasteiger partial charge in [0.1, 0.15) is 5.75 Å². The quantitative estimate of drug-likeness (QED) is 0.796. The highest BCUT2D eigenvalue weighted by Gasteiger charge is 2.09. The molecule has 0 saturated carbocycles. The van der Waals surface area contributed by atoms with Gasteiger partial charge in [-0.2, -0.15) is 5.10 Å². The smallest absolute Gasteiger partial charge is 0.146 e. The SMILES string of the molecule is COc1cnccc1-c1cc(Cc2ccc(C)cc2)[nH]n1. The molecule has 3 rings (SSSR count). The molecule has 1 aromatic carbocycles. The van der Waals surface area contributed by atoms with E-state index in [1.165, 1.54) is 11.1 Å². The van der Waals surface area contributed by atoms with Crippen molar-refractivity contribution in [2.45, 2.75) is 13.3 Å². The van der Waals surface area contributed by atoms with Crippen molar-refractivity contribution in [2.24, 2.45) is 0 Å². The number of nitrogens with one attached hydrogen (secondary N) is 1. The lowest BCUT2D eigenvalue weighted by atomic mass is 10.1. The molecule has 2 heterocycles. The standard InChI is InChI=1S/C17H17N3O/c1-12-3-5-13(6-4-12)9-14-10-16(20-19-14)15-7-8-18-11-17(15)21-2/h3-8,10-11H,9H2,1-2H3,(H,19,20). The van der Waals surface area contributed by atoms with Gasteiger partial charge in [-0.1, -0.05) is 29.8 Å². The van der Waals surface area contributed by atoms with E-state index in [-0.39, 0.29) is 0 Å². The van der Waals surface area contributed by atoms with Crippen LogP contribution in [-0.4, -0.2) is 22.3 Å². The molecule has 106 valence electrons. The van der Waals surface area contributed by atoms with E-state index in [9.17, 15) is 0 Å². The molecule has 0 bridgehead atoms. The first-order chi connectivity index (χ1) is 10.3. The van der Waals surface area contributed by atoms with Gasteiger partial charge in [0.25, 0.3) is 0 Å². The summed E-state index contributed by atoms with van der Waals surface area (Å²) < 4.78 is 5.32. The van der Waals surface area contributed by atoms with Crippen LogP contribution in [0.15, 0.2) is 48.8 Å². The fourth-order valence-corrected chi connectivity index (χ4v) is 2.27. The van der Waals surface area contributed by atoms with Crippen LogP contribution in [-0.2, 0) is 6.42 Å². The van der Waals surface area contributed by atoms with Gasteiger partial charge < -0.3 is 4.74 Å². The summed E-state index contributed by atoms with van der Waals surface area (Å²) >= 11 is 0. The first-order valence-corrected chi connectivity index (χ1v) is 6.84. The lowest BCUT2D eigenvalue weighted by molar-refractivity contribution is 0.414. The minimum atomic E-state index is 0.728. The number of ether oxygens (including phenoxy) is 1. The number of aryl methyl sites for hydroxylation is 1. The number of aromatic amines is 1. The van der Waals surface area contributed by atoms with E-state index in [4.69, 9.17) is 4.74 Å². The molecule has 0 amide bonds. The summed E-state index contributed by atoms with van der Waals surface area (Å²) in [6.45, 7) is 2.09. The van der Waals surface area contributed by atoms with Crippen LogP contribution in [0.1, 0.15) is 16.8 Å². The van der Waals surface area contributed by atoms with E-state index in [2.05, 4.69) is 52.4 Å². The molecule has 0 radical (unpaired) electrons. The van der Waals surface area contributed by atoms with Crippen molar-refractivity contribution in [3.05, 3.63) is 65.6 Å². The van der Waals surface area contributed by atoms with Crippen LogP contribution < -0.4 is 4.74 Å². The summed E-state index contributed by atoms with van der Waals surface area (Å²) in [6.07, 6.45) is 4.27. The number of hydrogen-bond donors (Lipinski definition) is 1. The maximum atomic E-state index is 5.32. The van der Waals surface area contributed by atoms with E-state index in [1.54, 1.807) is 19.5 Å².